The lowest BCUT2D eigenvalue weighted by molar-refractivity contribution is -0.345. The molecule has 10 rings (SSSR count). The van der Waals surface area contributed by atoms with E-state index in [1.807, 2.05) is 0 Å². The highest BCUT2D eigenvalue weighted by Crippen LogP contribution is 2.39. The lowest BCUT2D eigenvalue weighted by atomic mass is 9.95. The zero-order chi connectivity index (χ0) is 71.4. The molecular formula is C73H65N3O25. The molecule has 3 fully saturated rings. The van der Waals surface area contributed by atoms with Crippen molar-refractivity contribution in [2.24, 2.45) is 5.11 Å². The molecular weight excluding hydrogens is 1320 g/mol. The highest BCUT2D eigenvalue weighted by Gasteiger charge is 2.59. The van der Waals surface area contributed by atoms with Crippen molar-refractivity contribution in [1.29, 1.82) is 0 Å². The Balaban J connectivity index is 1.11. The molecule has 522 valence electrons. The van der Waals surface area contributed by atoms with Crippen molar-refractivity contribution in [2.45, 2.75) is 113 Å². The van der Waals surface area contributed by atoms with Gasteiger partial charge >= 0.3 is 59.7 Å². The largest absolute Gasteiger partial charge is 0.463 e. The van der Waals surface area contributed by atoms with Crippen LogP contribution in [0.3, 0.4) is 0 Å². The zero-order valence-corrected chi connectivity index (χ0v) is 54.0. The van der Waals surface area contributed by atoms with Crippen LogP contribution in [-0.4, -0.2) is 172 Å². The summed E-state index contributed by atoms with van der Waals surface area (Å²) < 4.78 is 93.4. The molecule has 0 unspecified atom stereocenters. The first-order chi connectivity index (χ1) is 48.9. The highest BCUT2D eigenvalue weighted by molar-refractivity contribution is 5.93. The van der Waals surface area contributed by atoms with E-state index in [4.69, 9.17) is 71.1 Å². The van der Waals surface area contributed by atoms with Crippen molar-refractivity contribution in [3.8, 4) is 0 Å². The second kappa shape index (κ2) is 34.7. The van der Waals surface area contributed by atoms with E-state index in [-0.39, 0.29) is 38.9 Å². The Morgan fingerprint density at radius 1 is 0.317 bits per heavy atom. The zero-order valence-electron chi connectivity index (χ0n) is 54.0. The summed E-state index contributed by atoms with van der Waals surface area (Å²) in [6, 6.07) is 52.3. The average Bonchev–Trinajstić information content (AvgIpc) is 0.769. The Morgan fingerprint density at radius 2 is 0.604 bits per heavy atom. The molecule has 3 heterocycles. The number of hydrogen-bond acceptors (Lipinski definition) is 26. The van der Waals surface area contributed by atoms with Crippen LogP contribution >= 0.6 is 0 Å². The van der Waals surface area contributed by atoms with Gasteiger partial charge < -0.3 is 71.1 Å². The van der Waals surface area contributed by atoms with E-state index in [9.17, 15) is 53.5 Å². The third kappa shape index (κ3) is 19.0. The Labute approximate surface area is 576 Å². The highest BCUT2D eigenvalue weighted by atomic mass is 16.8. The second-order valence-corrected chi connectivity index (χ2v) is 22.6. The van der Waals surface area contributed by atoms with Crippen molar-refractivity contribution in [2.75, 3.05) is 19.8 Å². The van der Waals surface area contributed by atoms with Gasteiger partial charge in [0.25, 0.3) is 0 Å². The Bertz CT molecular complexity index is 4060. The van der Waals surface area contributed by atoms with Gasteiger partial charge in [-0.1, -0.05) is 133 Å². The predicted molar refractivity (Wildman–Crippen MR) is 344 cm³/mol. The summed E-state index contributed by atoms with van der Waals surface area (Å²) in [7, 11) is 0. The van der Waals surface area contributed by atoms with E-state index in [0.717, 1.165) is 20.8 Å². The summed E-state index contributed by atoms with van der Waals surface area (Å²) in [5.74, 6) is -10.3. The molecule has 28 nitrogen and oxygen atoms in total. The van der Waals surface area contributed by atoms with Crippen molar-refractivity contribution < 1.29 is 119 Å². The van der Waals surface area contributed by atoms with Crippen LogP contribution in [-0.2, 0) is 85.4 Å². The SMILES string of the molecule is CC(=O)OC[C@H]1O[C@H](OC[C@H]2O[C@H](N=[N+]=[N-])[C@@H](OC(=O)c3ccccc3)[C@@H](O[C@H]3O[C@H](COC(=O)c4ccccc4)[C@@H](OC(=O)c4ccccc4)[C@H](OC(=O)c4ccccc4)[C@@H]3OC(C)=O)[C@@H]2OC(=O)c2ccccc2)[C@@H](OC(=O)c2ccccc2)[C@@H](OC(C)=O)[C@@H]1OC(=O)c1ccccc1. The summed E-state index contributed by atoms with van der Waals surface area (Å²) in [6.45, 7) is 0.474. The first-order valence-electron chi connectivity index (χ1n) is 31.5. The van der Waals surface area contributed by atoms with Gasteiger partial charge in [0.1, 0.15) is 37.6 Å². The molecule has 101 heavy (non-hydrogen) atoms. The monoisotopic (exact) mass is 1380 g/mol. The van der Waals surface area contributed by atoms with Crippen molar-refractivity contribution in [3.05, 3.63) is 262 Å². The number of esters is 10. The molecule has 0 saturated carbocycles. The van der Waals surface area contributed by atoms with Crippen molar-refractivity contribution >= 4 is 59.7 Å². The van der Waals surface area contributed by atoms with E-state index < -0.39 is 172 Å². The minimum Gasteiger partial charge on any atom is -0.463 e. The number of azide groups is 1. The Kier molecular flexibility index (Phi) is 24.8. The number of hydrogen-bond donors (Lipinski definition) is 0. The summed E-state index contributed by atoms with van der Waals surface area (Å²) in [5, 5.41) is 3.88. The van der Waals surface area contributed by atoms with Gasteiger partial charge in [-0.3, -0.25) is 14.4 Å². The molecule has 3 aliphatic rings. The Hall–Kier alpha value is -11.7. The van der Waals surface area contributed by atoms with E-state index in [1.165, 1.54) is 146 Å². The van der Waals surface area contributed by atoms with E-state index >= 15 is 0 Å². The van der Waals surface area contributed by atoms with Crippen molar-refractivity contribution in [1.82, 2.24) is 0 Å². The van der Waals surface area contributed by atoms with Crippen LogP contribution in [0.2, 0.25) is 0 Å². The fraction of sp³-hybridized carbons (Fsp3) is 0.288. The number of nitrogens with zero attached hydrogens (tertiary/aromatic N) is 3. The molecule has 0 radical (unpaired) electrons. The van der Waals surface area contributed by atoms with Crippen molar-refractivity contribution in [3.63, 3.8) is 0 Å². The summed E-state index contributed by atoms with van der Waals surface area (Å²) >= 11 is 0. The predicted octanol–water partition coefficient (Wildman–Crippen LogP) is 8.51. The first-order valence-corrected chi connectivity index (χ1v) is 31.5. The third-order valence-corrected chi connectivity index (χ3v) is 15.6. The van der Waals surface area contributed by atoms with Gasteiger partial charge in [-0.05, 0) is 90.5 Å². The van der Waals surface area contributed by atoms with Gasteiger partial charge in [-0.25, -0.2) is 33.6 Å². The molecule has 0 amide bonds. The lowest BCUT2D eigenvalue weighted by Crippen LogP contribution is -2.67. The summed E-state index contributed by atoms with van der Waals surface area (Å²) in [5.41, 5.74) is 10.1. The number of ether oxygens (including phenoxy) is 15. The van der Waals surface area contributed by atoms with E-state index in [1.54, 1.807) is 66.7 Å². The van der Waals surface area contributed by atoms with Crippen LogP contribution < -0.4 is 0 Å². The maximum atomic E-state index is 14.9. The number of rotatable bonds is 25. The van der Waals surface area contributed by atoms with Crippen LogP contribution in [0, 0.1) is 0 Å². The molecule has 0 N–H and O–H groups in total. The summed E-state index contributed by atoms with van der Waals surface area (Å²) in [6.07, 6.45) is -29.7. The number of carbonyl (C=O) groups is 10. The second-order valence-electron chi connectivity index (χ2n) is 22.6. The maximum absolute atomic E-state index is 14.9. The topological polar surface area (TPSA) is 358 Å². The van der Waals surface area contributed by atoms with E-state index in [0.29, 0.717) is 0 Å². The Morgan fingerprint density at radius 3 is 0.970 bits per heavy atom. The summed E-state index contributed by atoms with van der Waals surface area (Å²) in [4.78, 5) is 143. The van der Waals surface area contributed by atoms with Gasteiger partial charge in [0.2, 0.25) is 0 Å². The van der Waals surface area contributed by atoms with Gasteiger partial charge in [-0.2, -0.15) is 0 Å². The molecule has 15 atom stereocenters. The van der Waals surface area contributed by atoms with E-state index in [2.05, 4.69) is 10.0 Å². The smallest absolute Gasteiger partial charge is 0.338 e. The lowest BCUT2D eigenvalue weighted by Gasteiger charge is -2.49. The molecule has 0 aliphatic carbocycles. The fourth-order valence-corrected chi connectivity index (χ4v) is 11.0. The van der Waals surface area contributed by atoms with Crippen LogP contribution in [0.5, 0.6) is 0 Å². The fourth-order valence-electron chi connectivity index (χ4n) is 11.0. The third-order valence-electron chi connectivity index (χ3n) is 15.6. The quantitative estimate of drug-likeness (QED) is 0.0170. The molecule has 0 spiro atoms. The van der Waals surface area contributed by atoms with Gasteiger partial charge in [0.15, 0.2) is 67.6 Å². The van der Waals surface area contributed by atoms with Crippen LogP contribution in [0.4, 0.5) is 0 Å². The maximum Gasteiger partial charge on any atom is 0.338 e. The molecule has 3 aliphatic heterocycles. The number of benzene rings is 7. The molecule has 0 aromatic heterocycles. The minimum absolute atomic E-state index is 0.0102. The van der Waals surface area contributed by atoms with Crippen LogP contribution in [0.1, 0.15) is 93.3 Å². The standard InChI is InChI=1S/C73H65N3O25/c1-42(77)87-39-53-56(96-67(82)47-29-15-6-16-30-47)59(90-43(2)78)62(100-71(86)51-37-23-10-24-38-51)72(93-53)89-41-52-55(95-66(81)46-27-13-5-14-28-46)58(61(64(92-52)75-76-74)99-70(85)50-35-21-9-22-36-50)101-73-63(91-44(3)79)60(98-69(84)49-33-19-8-20-34-49)57(97-68(83)48-31-17-7-18-32-48)54(94-73)40-88-65(80)45-25-11-4-12-26-45/h4-38,52-64,72-73H,39-41H2,1-3H3/t52-,53-,54-,55-,56-,57-,58+,59+,60+,61+,62+,63+,64+,72+,73-/m1/s1. The van der Waals surface area contributed by atoms with Crippen LogP contribution in [0.25, 0.3) is 10.4 Å². The molecule has 0 bridgehead atoms. The normalized spacial score (nSPS) is 24.4. The molecule has 7 aromatic carbocycles. The first kappa shape index (κ1) is 72.1. The molecule has 7 aromatic rings. The van der Waals surface area contributed by atoms with Gasteiger partial charge in [0.05, 0.1) is 45.6 Å². The number of carbonyl (C=O) groups excluding carboxylic acids is 10. The molecule has 28 heteroatoms. The minimum atomic E-state index is -2.24. The average molecular weight is 1380 g/mol. The molecule has 3 saturated heterocycles. The van der Waals surface area contributed by atoms with Gasteiger partial charge in [-0.15, -0.1) is 0 Å². The van der Waals surface area contributed by atoms with Gasteiger partial charge in [0, 0.05) is 25.7 Å². The van der Waals surface area contributed by atoms with Crippen LogP contribution in [0.15, 0.2) is 217 Å².